The summed E-state index contributed by atoms with van der Waals surface area (Å²) in [6.07, 6.45) is 11.8. The minimum Gasteiger partial charge on any atom is -0.460 e. The molecule has 0 radical (unpaired) electrons. The second kappa shape index (κ2) is 29.5. The minimum atomic E-state index is -3.72. The van der Waals surface area contributed by atoms with E-state index in [1.54, 1.807) is 34.0 Å². The van der Waals surface area contributed by atoms with Gasteiger partial charge < -0.3 is 48.3 Å². The third kappa shape index (κ3) is 17.8. The Morgan fingerprint density at radius 1 is 0.883 bits per heavy atom. The predicted octanol–water partition coefficient (Wildman–Crippen LogP) is 7.17. The van der Waals surface area contributed by atoms with Gasteiger partial charge in [0, 0.05) is 59.2 Å². The summed E-state index contributed by atoms with van der Waals surface area (Å²) in [7, 11) is 0.882. The number of esters is 2. The van der Waals surface area contributed by atoms with Crippen LogP contribution < -0.4 is 0 Å². The maximum absolute atomic E-state index is 14.6. The molecule has 434 valence electrons. The lowest BCUT2D eigenvalue weighted by molar-refractivity contribution is -0.265. The normalized spacial score (nSPS) is 38.1. The van der Waals surface area contributed by atoms with Crippen molar-refractivity contribution in [2.45, 2.75) is 186 Å². The Bertz CT molecular complexity index is 2270. The number of allylic oxidation sites excluding steroid dienone is 6. The number of sulfone groups is 1. The summed E-state index contributed by atoms with van der Waals surface area (Å²) < 4.78 is 66.8. The van der Waals surface area contributed by atoms with Gasteiger partial charge in [0.05, 0.1) is 30.7 Å². The summed E-state index contributed by atoms with van der Waals surface area (Å²) in [5.74, 6) is -9.44. The predicted molar refractivity (Wildman–Crippen MR) is 291 cm³/mol. The monoisotopic (exact) mass is 1100 g/mol. The zero-order valence-corrected chi connectivity index (χ0v) is 48.3. The standard InChI is InChI=1S/C59H91NO16S/c1-36-17-13-12-14-18-37(2)50(70-9)31-46-22-20-42(7)59(67,76-46)56(64)57(65)60-25-16-15-19-47(60)58(66)75-51(32-48(61)39(4)28-41(6)54(63)55(72-11)43(8)38(3)27-36)40(5)29-44-21-23-49(52(30-44)71-10)74-53(62)35-77(68,69)34-45-24-26-73-33-45/h12-14,17-18,28,36,38-40,42,44-47,49-52,54-55,63,67H,8,15-16,19-27,29-35H2,1-7,9-11H3/b14-12+,17-13+,37-18+,41-28+/t36-,38-,39-,40-,42-,44+,45+,46+,47+,49-,50+,51+,52-,54-,55+,59-/m1/s1. The number of amides is 1. The van der Waals surface area contributed by atoms with Gasteiger partial charge in [-0.2, -0.15) is 0 Å². The summed E-state index contributed by atoms with van der Waals surface area (Å²) in [6, 6.07) is -1.19. The zero-order valence-electron chi connectivity index (χ0n) is 47.5. The van der Waals surface area contributed by atoms with Crippen LogP contribution in [-0.2, 0) is 67.0 Å². The third-order valence-corrected chi connectivity index (χ3v) is 18.5. The highest BCUT2D eigenvalue weighted by atomic mass is 32.2. The number of aliphatic hydroxyl groups is 2. The van der Waals surface area contributed by atoms with Crippen LogP contribution in [0.3, 0.4) is 0 Å². The van der Waals surface area contributed by atoms with Crippen LogP contribution in [0.4, 0.5) is 0 Å². The maximum atomic E-state index is 14.6. The van der Waals surface area contributed by atoms with E-state index in [4.69, 9.17) is 33.2 Å². The van der Waals surface area contributed by atoms with Crippen molar-refractivity contribution in [2.75, 3.05) is 52.6 Å². The highest BCUT2D eigenvalue weighted by molar-refractivity contribution is 7.92. The maximum Gasteiger partial charge on any atom is 0.329 e. The van der Waals surface area contributed by atoms with Crippen LogP contribution in [0.15, 0.2) is 59.8 Å². The summed E-state index contributed by atoms with van der Waals surface area (Å²) in [4.78, 5) is 71.9. The number of rotatable bonds is 11. The van der Waals surface area contributed by atoms with E-state index in [9.17, 15) is 42.6 Å². The number of ether oxygens (including phenoxy) is 7. The van der Waals surface area contributed by atoms with Gasteiger partial charge in [-0.25, -0.2) is 13.2 Å². The van der Waals surface area contributed by atoms with Crippen molar-refractivity contribution in [2.24, 2.45) is 41.4 Å². The van der Waals surface area contributed by atoms with E-state index < -0.39 is 112 Å². The number of piperidine rings is 1. The number of ketones is 2. The van der Waals surface area contributed by atoms with Gasteiger partial charge in [0.1, 0.15) is 42.0 Å². The zero-order chi connectivity index (χ0) is 56.8. The molecule has 1 amide bonds. The number of carbonyl (C=O) groups excluding carboxylic acids is 5. The van der Waals surface area contributed by atoms with Crippen molar-refractivity contribution in [1.82, 2.24) is 4.90 Å². The number of nitrogens with zero attached hydrogens (tertiary/aromatic N) is 1. The Morgan fingerprint density at radius 2 is 1.62 bits per heavy atom. The number of fused-ring (bicyclic) bond motifs is 3. The molecular weight excluding hydrogens is 1010 g/mol. The molecule has 1 aliphatic carbocycles. The van der Waals surface area contributed by atoms with Crippen LogP contribution in [0.1, 0.15) is 132 Å². The van der Waals surface area contributed by atoms with E-state index in [0.29, 0.717) is 88.6 Å². The summed E-state index contributed by atoms with van der Waals surface area (Å²) in [6.45, 7) is 18.3. The van der Waals surface area contributed by atoms with Crippen LogP contribution in [0.2, 0.25) is 0 Å². The second-order valence-electron chi connectivity index (χ2n) is 23.0. The molecule has 0 spiro atoms. The molecule has 3 saturated heterocycles. The number of hydrogen-bond donors (Lipinski definition) is 2. The number of aliphatic hydroxyl groups excluding tert-OH is 1. The van der Waals surface area contributed by atoms with Crippen molar-refractivity contribution in [3.63, 3.8) is 0 Å². The van der Waals surface area contributed by atoms with Gasteiger partial charge in [-0.1, -0.05) is 77.7 Å². The molecule has 0 unspecified atom stereocenters. The SMILES string of the molecule is C=C1[C@H](C)C[C@H](C)/C=C/C=C/C=C(\C)[C@@H](OC)C[C@@H]2CC[C@@H](C)[C@@](O)(O2)C(=O)C(=O)N2CCCC[C@H]2C(=O)O[C@H]([C@H](C)C[C@@H]2CC[C@@H](OC(=O)CS(=O)(=O)C[C@H]3CCOC3)[C@H](OC)C2)CC(=O)[C@H](C)/C=C(\C)[C@@H](O)[C@H]1OC. The molecule has 17 nitrogen and oxygen atoms in total. The van der Waals surface area contributed by atoms with E-state index in [1.807, 2.05) is 45.1 Å². The molecule has 4 fully saturated rings. The fourth-order valence-corrected chi connectivity index (χ4v) is 13.4. The molecule has 4 aliphatic heterocycles. The molecule has 2 bridgehead atoms. The molecule has 0 aromatic rings. The van der Waals surface area contributed by atoms with E-state index in [-0.39, 0.29) is 54.6 Å². The largest absolute Gasteiger partial charge is 0.460 e. The van der Waals surface area contributed by atoms with E-state index >= 15 is 0 Å². The Balaban J connectivity index is 1.41. The fraction of sp³-hybridized carbons (Fsp3) is 0.746. The van der Waals surface area contributed by atoms with Crippen LogP contribution in [0.5, 0.6) is 0 Å². The van der Waals surface area contributed by atoms with E-state index in [1.165, 1.54) is 19.1 Å². The molecule has 18 heteroatoms. The lowest BCUT2D eigenvalue weighted by atomic mass is 9.78. The lowest BCUT2D eigenvalue weighted by Crippen LogP contribution is -2.61. The average Bonchev–Trinajstić information content (AvgIpc) is 3.92. The summed E-state index contributed by atoms with van der Waals surface area (Å²) >= 11 is 0. The first-order valence-corrected chi connectivity index (χ1v) is 29.8. The van der Waals surface area contributed by atoms with Gasteiger partial charge in [0.15, 0.2) is 9.84 Å². The van der Waals surface area contributed by atoms with Crippen molar-refractivity contribution in [3.8, 4) is 0 Å². The lowest BCUT2D eigenvalue weighted by Gasteiger charge is -2.42. The molecule has 5 aliphatic rings. The van der Waals surface area contributed by atoms with Gasteiger partial charge in [-0.05, 0) is 131 Å². The molecule has 0 aromatic heterocycles. The molecule has 77 heavy (non-hydrogen) atoms. The van der Waals surface area contributed by atoms with Crippen LogP contribution in [-0.4, -0.2) is 160 Å². The Morgan fingerprint density at radius 3 is 2.30 bits per heavy atom. The van der Waals surface area contributed by atoms with Crippen LogP contribution in [0, 0.1) is 41.4 Å². The van der Waals surface area contributed by atoms with Crippen LogP contribution >= 0.6 is 0 Å². The van der Waals surface area contributed by atoms with Crippen LogP contribution in [0.25, 0.3) is 0 Å². The summed E-state index contributed by atoms with van der Waals surface area (Å²) in [5, 5.41) is 23.7. The fourth-order valence-electron chi connectivity index (χ4n) is 11.9. The minimum absolute atomic E-state index is 0.0359. The van der Waals surface area contributed by atoms with Gasteiger partial charge >= 0.3 is 11.9 Å². The average molecular weight is 1100 g/mol. The molecule has 16 atom stereocenters. The number of hydrogen-bond acceptors (Lipinski definition) is 16. The molecule has 0 aromatic carbocycles. The first-order valence-electron chi connectivity index (χ1n) is 28.0. The van der Waals surface area contributed by atoms with Gasteiger partial charge in [0.25, 0.3) is 11.7 Å². The topological polar surface area (TPSA) is 228 Å². The quantitative estimate of drug-likeness (QED) is 0.119. The molecule has 5 rings (SSSR count). The van der Waals surface area contributed by atoms with Crippen molar-refractivity contribution >= 4 is 39.2 Å². The Labute approximate surface area is 458 Å². The third-order valence-electron chi connectivity index (χ3n) is 16.8. The number of methoxy groups -OCH3 is 3. The smallest absolute Gasteiger partial charge is 0.329 e. The van der Waals surface area contributed by atoms with Crippen molar-refractivity contribution in [1.29, 1.82) is 0 Å². The van der Waals surface area contributed by atoms with Crippen molar-refractivity contribution in [3.05, 3.63) is 59.8 Å². The van der Waals surface area contributed by atoms with E-state index in [0.717, 1.165) is 12.0 Å². The van der Waals surface area contributed by atoms with Crippen molar-refractivity contribution < 1.29 is 75.8 Å². The van der Waals surface area contributed by atoms with Gasteiger partial charge in [-0.15, -0.1) is 0 Å². The number of Topliss-reactive ketones (excluding diaryl/α,β-unsaturated/α-hetero) is 2. The number of cyclic esters (lactones) is 1. The van der Waals surface area contributed by atoms with E-state index in [2.05, 4.69) is 19.6 Å². The Kier molecular flexibility index (Phi) is 24.5. The van der Waals surface area contributed by atoms with Gasteiger partial charge in [-0.3, -0.25) is 19.2 Å². The molecule has 1 saturated carbocycles. The molecular formula is C59H91NO16S. The van der Waals surface area contributed by atoms with Gasteiger partial charge in [0.2, 0.25) is 5.79 Å². The molecule has 2 N–H and O–H groups in total. The number of carbonyl (C=O) groups is 5. The first-order chi connectivity index (χ1) is 36.4. The molecule has 4 heterocycles. The highest BCUT2D eigenvalue weighted by Gasteiger charge is 2.53. The first kappa shape index (κ1) is 63.9. The summed E-state index contributed by atoms with van der Waals surface area (Å²) in [5.41, 5.74) is 2.11. The highest BCUT2D eigenvalue weighted by Crippen LogP contribution is 2.38. The second-order valence-corrected chi connectivity index (χ2v) is 25.1. The Hall–Kier alpha value is -3.88.